The second-order valence-electron chi connectivity index (χ2n) is 3.08. The van der Waals surface area contributed by atoms with Gasteiger partial charge in [-0.1, -0.05) is 18.2 Å². The van der Waals surface area contributed by atoms with Crippen LogP contribution in [0.4, 0.5) is 5.69 Å². The summed E-state index contributed by atoms with van der Waals surface area (Å²) in [7, 11) is 0. The normalized spacial score (nSPS) is 12.1. The van der Waals surface area contributed by atoms with Crippen molar-refractivity contribution in [2.75, 3.05) is 5.32 Å². The Morgan fingerprint density at radius 1 is 1.46 bits per heavy atom. The zero-order valence-electron chi connectivity index (χ0n) is 7.66. The van der Waals surface area contributed by atoms with Crippen LogP contribution < -0.4 is 11.1 Å². The van der Waals surface area contributed by atoms with Gasteiger partial charge in [-0.3, -0.25) is 4.79 Å². The lowest BCUT2D eigenvalue weighted by molar-refractivity contribution is -0.118. The predicted molar refractivity (Wildman–Crippen MR) is 53.3 cm³/mol. The largest absolute Gasteiger partial charge is 0.382 e. The fraction of sp³-hybridized carbons (Fsp3) is 0.300. The fourth-order valence-electron chi connectivity index (χ4n) is 1.17. The molecule has 1 rings (SSSR count). The van der Waals surface area contributed by atoms with Crippen LogP contribution >= 0.6 is 0 Å². The van der Waals surface area contributed by atoms with Crippen molar-refractivity contribution in [3.8, 4) is 0 Å². The molecule has 3 nitrogen and oxygen atoms in total. The minimum atomic E-state index is -0.282. The Morgan fingerprint density at radius 2 is 2.08 bits per heavy atom. The summed E-state index contributed by atoms with van der Waals surface area (Å²) in [6.45, 7) is 1.93. The summed E-state index contributed by atoms with van der Waals surface area (Å²) in [6, 6.07) is 9.83. The summed E-state index contributed by atoms with van der Waals surface area (Å²) in [5.74, 6) is -0.282. The highest BCUT2D eigenvalue weighted by atomic mass is 16.1. The molecule has 1 atom stereocenters. The van der Waals surface area contributed by atoms with E-state index in [0.29, 0.717) is 6.42 Å². The molecular formula is C10H14N2O. The van der Waals surface area contributed by atoms with Crippen molar-refractivity contribution in [2.45, 2.75) is 19.4 Å². The lowest BCUT2D eigenvalue weighted by Gasteiger charge is -2.12. The number of para-hydroxylation sites is 1. The first-order valence-corrected chi connectivity index (χ1v) is 4.28. The molecule has 0 aliphatic rings. The van der Waals surface area contributed by atoms with Crippen LogP contribution in [0, 0.1) is 0 Å². The number of hydrogen-bond acceptors (Lipinski definition) is 2. The van der Waals surface area contributed by atoms with E-state index in [0.717, 1.165) is 5.69 Å². The minimum absolute atomic E-state index is 0.0832. The molecule has 3 heteroatoms. The summed E-state index contributed by atoms with van der Waals surface area (Å²) < 4.78 is 0. The summed E-state index contributed by atoms with van der Waals surface area (Å²) in [4.78, 5) is 10.6. The highest BCUT2D eigenvalue weighted by Gasteiger charge is 2.04. The molecule has 13 heavy (non-hydrogen) atoms. The van der Waals surface area contributed by atoms with Gasteiger partial charge in [0.1, 0.15) is 0 Å². The van der Waals surface area contributed by atoms with Gasteiger partial charge in [0.2, 0.25) is 5.91 Å². The van der Waals surface area contributed by atoms with Crippen LogP contribution in [0.1, 0.15) is 13.3 Å². The molecule has 1 aromatic rings. The molecule has 1 amide bonds. The van der Waals surface area contributed by atoms with Gasteiger partial charge in [-0.2, -0.15) is 0 Å². The molecule has 0 aromatic heterocycles. The Bertz CT molecular complexity index is 272. The van der Waals surface area contributed by atoms with Gasteiger partial charge in [-0.15, -0.1) is 0 Å². The van der Waals surface area contributed by atoms with Crippen molar-refractivity contribution >= 4 is 11.6 Å². The predicted octanol–water partition coefficient (Wildman–Crippen LogP) is 1.36. The van der Waals surface area contributed by atoms with Gasteiger partial charge < -0.3 is 11.1 Å². The first-order chi connectivity index (χ1) is 6.18. The maximum atomic E-state index is 10.6. The fourth-order valence-corrected chi connectivity index (χ4v) is 1.17. The number of rotatable bonds is 4. The Kier molecular flexibility index (Phi) is 3.31. The number of anilines is 1. The lowest BCUT2D eigenvalue weighted by Crippen LogP contribution is -2.23. The van der Waals surface area contributed by atoms with Crippen LogP contribution in [0.3, 0.4) is 0 Å². The van der Waals surface area contributed by atoms with Gasteiger partial charge in [0, 0.05) is 18.2 Å². The van der Waals surface area contributed by atoms with Crippen LogP contribution in [0.2, 0.25) is 0 Å². The van der Waals surface area contributed by atoms with Gasteiger partial charge >= 0.3 is 0 Å². The number of amides is 1. The van der Waals surface area contributed by atoms with E-state index in [1.165, 1.54) is 0 Å². The van der Waals surface area contributed by atoms with E-state index in [2.05, 4.69) is 5.32 Å². The van der Waals surface area contributed by atoms with Crippen LogP contribution in [0.5, 0.6) is 0 Å². The van der Waals surface area contributed by atoms with E-state index in [1.807, 2.05) is 37.3 Å². The quantitative estimate of drug-likeness (QED) is 0.731. The third-order valence-corrected chi connectivity index (χ3v) is 1.69. The molecule has 0 saturated heterocycles. The van der Waals surface area contributed by atoms with Crippen LogP contribution in [0.15, 0.2) is 30.3 Å². The first-order valence-electron chi connectivity index (χ1n) is 4.28. The van der Waals surface area contributed by atoms with Crippen molar-refractivity contribution in [3.05, 3.63) is 30.3 Å². The average Bonchev–Trinajstić information content (AvgIpc) is 2.04. The molecule has 0 radical (unpaired) electrons. The van der Waals surface area contributed by atoms with E-state index in [9.17, 15) is 4.79 Å². The first kappa shape index (κ1) is 9.58. The molecule has 0 aliphatic heterocycles. The standard InChI is InChI=1S/C10H14N2O/c1-8(7-10(11)13)12-9-5-3-2-4-6-9/h2-6,8,12H,7H2,1H3,(H2,11,13)/t8-/m1/s1. The molecular weight excluding hydrogens is 164 g/mol. The number of hydrogen-bond donors (Lipinski definition) is 2. The number of benzene rings is 1. The molecule has 0 saturated carbocycles. The molecule has 1 aromatic carbocycles. The molecule has 0 heterocycles. The van der Waals surface area contributed by atoms with Gasteiger partial charge in [0.05, 0.1) is 0 Å². The smallest absolute Gasteiger partial charge is 0.219 e. The number of carbonyl (C=O) groups excluding carboxylic acids is 1. The Hall–Kier alpha value is -1.51. The van der Waals surface area contributed by atoms with Crippen molar-refractivity contribution in [1.82, 2.24) is 0 Å². The number of primary amides is 1. The van der Waals surface area contributed by atoms with Gasteiger partial charge in [-0.25, -0.2) is 0 Å². The van der Waals surface area contributed by atoms with E-state index in [1.54, 1.807) is 0 Å². The second kappa shape index (κ2) is 4.50. The SMILES string of the molecule is C[C@H](CC(N)=O)Nc1ccccc1. The molecule has 3 N–H and O–H groups in total. The van der Waals surface area contributed by atoms with Crippen LogP contribution in [-0.2, 0) is 4.79 Å². The highest BCUT2D eigenvalue weighted by Crippen LogP contribution is 2.07. The van der Waals surface area contributed by atoms with Crippen molar-refractivity contribution in [2.24, 2.45) is 5.73 Å². The van der Waals surface area contributed by atoms with Gasteiger partial charge in [0.25, 0.3) is 0 Å². The topological polar surface area (TPSA) is 55.1 Å². The van der Waals surface area contributed by atoms with Crippen molar-refractivity contribution < 1.29 is 4.79 Å². The van der Waals surface area contributed by atoms with E-state index < -0.39 is 0 Å². The summed E-state index contributed by atoms with van der Waals surface area (Å²) in [5, 5.41) is 3.17. The van der Waals surface area contributed by atoms with Crippen LogP contribution in [-0.4, -0.2) is 11.9 Å². The van der Waals surface area contributed by atoms with E-state index >= 15 is 0 Å². The second-order valence-corrected chi connectivity index (χ2v) is 3.08. The third kappa shape index (κ3) is 3.60. The Morgan fingerprint density at radius 3 is 2.62 bits per heavy atom. The Labute approximate surface area is 77.9 Å². The van der Waals surface area contributed by atoms with Crippen molar-refractivity contribution in [1.29, 1.82) is 0 Å². The highest BCUT2D eigenvalue weighted by molar-refractivity contribution is 5.74. The lowest BCUT2D eigenvalue weighted by atomic mass is 10.2. The molecule has 70 valence electrons. The van der Waals surface area contributed by atoms with Crippen LogP contribution in [0.25, 0.3) is 0 Å². The Balaban J connectivity index is 2.45. The third-order valence-electron chi connectivity index (χ3n) is 1.69. The van der Waals surface area contributed by atoms with E-state index in [-0.39, 0.29) is 11.9 Å². The molecule has 0 bridgehead atoms. The van der Waals surface area contributed by atoms with Gasteiger partial charge in [0.15, 0.2) is 0 Å². The molecule has 0 spiro atoms. The van der Waals surface area contributed by atoms with E-state index in [4.69, 9.17) is 5.73 Å². The monoisotopic (exact) mass is 178 g/mol. The zero-order valence-corrected chi connectivity index (χ0v) is 7.66. The summed E-state index contributed by atoms with van der Waals surface area (Å²) >= 11 is 0. The number of nitrogens with one attached hydrogen (secondary N) is 1. The maximum absolute atomic E-state index is 10.6. The van der Waals surface area contributed by atoms with Crippen molar-refractivity contribution in [3.63, 3.8) is 0 Å². The molecule has 0 fully saturated rings. The molecule has 0 aliphatic carbocycles. The zero-order chi connectivity index (χ0) is 9.68. The maximum Gasteiger partial charge on any atom is 0.219 e. The number of carbonyl (C=O) groups is 1. The molecule has 0 unspecified atom stereocenters. The summed E-state index contributed by atoms with van der Waals surface area (Å²) in [6.07, 6.45) is 0.356. The average molecular weight is 178 g/mol. The summed E-state index contributed by atoms with van der Waals surface area (Å²) in [5.41, 5.74) is 6.08. The van der Waals surface area contributed by atoms with Gasteiger partial charge in [-0.05, 0) is 19.1 Å². The minimum Gasteiger partial charge on any atom is -0.382 e. The number of nitrogens with two attached hydrogens (primary N) is 1.